The lowest BCUT2D eigenvalue weighted by atomic mass is 9.89. The first-order chi connectivity index (χ1) is 11.6. The van der Waals surface area contributed by atoms with Crippen LogP contribution in [0.25, 0.3) is 22.0 Å². The molecule has 0 unspecified atom stereocenters. The van der Waals surface area contributed by atoms with E-state index < -0.39 is 5.91 Å². The molecule has 1 saturated carbocycles. The van der Waals surface area contributed by atoms with E-state index >= 15 is 0 Å². The number of thiazole rings is 1. The van der Waals surface area contributed by atoms with Crippen LogP contribution in [0, 0.1) is 0 Å². The summed E-state index contributed by atoms with van der Waals surface area (Å²) in [5.74, 6) is -0.448. The Kier molecular flexibility index (Phi) is 3.62. The minimum atomic E-state index is -0.448. The van der Waals surface area contributed by atoms with Crippen LogP contribution in [-0.4, -0.2) is 37.1 Å². The van der Waals surface area contributed by atoms with Gasteiger partial charge in [0.2, 0.25) is 5.91 Å². The van der Waals surface area contributed by atoms with Crippen LogP contribution in [0.3, 0.4) is 0 Å². The van der Waals surface area contributed by atoms with Crippen LogP contribution in [0.15, 0.2) is 35.8 Å². The van der Waals surface area contributed by atoms with E-state index in [1.54, 1.807) is 16.8 Å². The van der Waals surface area contributed by atoms with Gasteiger partial charge in [0.1, 0.15) is 16.4 Å². The summed E-state index contributed by atoms with van der Waals surface area (Å²) in [5.41, 5.74) is 8.06. The molecule has 0 radical (unpaired) electrons. The summed E-state index contributed by atoms with van der Waals surface area (Å²) < 4.78 is 1.71. The minimum absolute atomic E-state index is 0.0192. The maximum Gasteiger partial charge on any atom is 0.248 e. The van der Waals surface area contributed by atoms with Crippen LogP contribution in [-0.2, 0) is 0 Å². The van der Waals surface area contributed by atoms with E-state index in [0.29, 0.717) is 11.3 Å². The van der Waals surface area contributed by atoms with Crippen LogP contribution in [0.5, 0.6) is 0 Å². The molecule has 2 aromatic heterocycles. The van der Waals surface area contributed by atoms with E-state index in [1.165, 1.54) is 11.3 Å². The third-order valence-electron chi connectivity index (χ3n) is 4.24. The van der Waals surface area contributed by atoms with Gasteiger partial charge >= 0.3 is 0 Å². The number of carbonyl (C=O) groups is 1. The fourth-order valence-electron chi connectivity index (χ4n) is 2.63. The van der Waals surface area contributed by atoms with E-state index in [2.05, 4.69) is 15.3 Å². The fraction of sp³-hybridized carbons (Fsp3) is 0.250. The molecule has 122 valence electrons. The molecule has 8 heteroatoms. The predicted molar refractivity (Wildman–Crippen MR) is 89.4 cm³/mol. The number of carbonyl (C=O) groups excluding carboxylic acids is 1. The number of nitrogens with zero attached hydrogens (tertiary/aromatic N) is 4. The van der Waals surface area contributed by atoms with Crippen LogP contribution in [0.1, 0.15) is 29.2 Å². The SMILES string of the molecule is NC(=O)c1ccc(-c2nc(-c3cn([C@@H]4CC[C@H]4O)nn3)cs2)cc1. The number of rotatable bonds is 4. The second kappa shape index (κ2) is 5.81. The Balaban J connectivity index is 1.57. The third-order valence-corrected chi connectivity index (χ3v) is 5.13. The van der Waals surface area contributed by atoms with E-state index in [0.717, 1.165) is 29.1 Å². The molecule has 0 spiro atoms. The molecule has 1 aliphatic rings. The van der Waals surface area contributed by atoms with Crippen molar-refractivity contribution < 1.29 is 9.90 Å². The van der Waals surface area contributed by atoms with Gasteiger partial charge in [-0.2, -0.15) is 0 Å². The second-order valence-corrected chi connectivity index (χ2v) is 6.63. The Labute approximate surface area is 141 Å². The van der Waals surface area contributed by atoms with Gasteiger partial charge in [-0.15, -0.1) is 16.4 Å². The van der Waals surface area contributed by atoms with Gasteiger partial charge < -0.3 is 10.8 Å². The van der Waals surface area contributed by atoms with Crippen molar-refractivity contribution in [2.75, 3.05) is 0 Å². The van der Waals surface area contributed by atoms with E-state index in [1.807, 2.05) is 23.7 Å². The zero-order chi connectivity index (χ0) is 16.7. The molecule has 0 saturated heterocycles. The lowest BCUT2D eigenvalue weighted by molar-refractivity contribution is 0.0244. The summed E-state index contributed by atoms with van der Waals surface area (Å²) in [6, 6.07) is 7.04. The average molecular weight is 341 g/mol. The van der Waals surface area contributed by atoms with Crippen molar-refractivity contribution >= 4 is 17.2 Å². The third kappa shape index (κ3) is 2.59. The van der Waals surface area contributed by atoms with E-state index in [-0.39, 0.29) is 12.1 Å². The predicted octanol–water partition coefficient (Wildman–Crippen LogP) is 1.86. The van der Waals surface area contributed by atoms with Gasteiger partial charge in [0.25, 0.3) is 0 Å². The molecule has 3 aromatic rings. The summed E-state index contributed by atoms with van der Waals surface area (Å²) in [5, 5.41) is 20.7. The quantitative estimate of drug-likeness (QED) is 0.753. The van der Waals surface area contributed by atoms with Crippen LogP contribution in [0.4, 0.5) is 0 Å². The van der Waals surface area contributed by atoms with Crippen LogP contribution >= 0.6 is 11.3 Å². The molecule has 1 amide bonds. The summed E-state index contributed by atoms with van der Waals surface area (Å²) in [6.07, 6.45) is 3.21. The maximum absolute atomic E-state index is 11.1. The van der Waals surface area contributed by atoms with Crippen molar-refractivity contribution in [2.45, 2.75) is 25.0 Å². The summed E-state index contributed by atoms with van der Waals surface area (Å²) in [6.45, 7) is 0. The number of aliphatic hydroxyl groups excluding tert-OH is 1. The molecule has 2 atom stereocenters. The van der Waals surface area contributed by atoms with Gasteiger partial charge in [-0.1, -0.05) is 17.3 Å². The number of benzene rings is 1. The molecule has 0 aliphatic heterocycles. The average Bonchev–Trinajstić information content (AvgIpc) is 3.23. The van der Waals surface area contributed by atoms with Crippen LogP contribution < -0.4 is 5.73 Å². The molecule has 24 heavy (non-hydrogen) atoms. The van der Waals surface area contributed by atoms with Gasteiger partial charge in [0.15, 0.2) is 0 Å². The van der Waals surface area contributed by atoms with Crippen LogP contribution in [0.2, 0.25) is 0 Å². The van der Waals surface area contributed by atoms with E-state index in [4.69, 9.17) is 5.73 Å². The van der Waals surface area contributed by atoms with Crippen molar-refractivity contribution in [1.29, 1.82) is 0 Å². The Morgan fingerprint density at radius 2 is 2.04 bits per heavy atom. The lowest BCUT2D eigenvalue weighted by Gasteiger charge is -2.31. The second-order valence-electron chi connectivity index (χ2n) is 5.78. The van der Waals surface area contributed by atoms with Gasteiger partial charge in [0.05, 0.1) is 18.3 Å². The molecule has 1 fully saturated rings. The summed E-state index contributed by atoms with van der Waals surface area (Å²) >= 11 is 1.50. The van der Waals surface area contributed by atoms with E-state index in [9.17, 15) is 9.90 Å². The minimum Gasteiger partial charge on any atom is -0.391 e. The topological polar surface area (TPSA) is 107 Å². The number of nitrogens with two attached hydrogens (primary N) is 1. The largest absolute Gasteiger partial charge is 0.391 e. The van der Waals surface area contributed by atoms with Gasteiger partial charge in [-0.05, 0) is 25.0 Å². The van der Waals surface area contributed by atoms with Crippen molar-refractivity contribution in [3.63, 3.8) is 0 Å². The number of amides is 1. The van der Waals surface area contributed by atoms with Crippen molar-refractivity contribution in [2.24, 2.45) is 5.73 Å². The zero-order valence-electron chi connectivity index (χ0n) is 12.7. The molecule has 2 heterocycles. The highest BCUT2D eigenvalue weighted by Gasteiger charge is 2.31. The Morgan fingerprint density at radius 1 is 1.25 bits per heavy atom. The van der Waals surface area contributed by atoms with Gasteiger partial charge in [-0.3, -0.25) is 4.79 Å². The Hall–Kier alpha value is -2.58. The highest BCUT2D eigenvalue weighted by atomic mass is 32.1. The standard InChI is InChI=1S/C16H15N5O2S/c17-15(23)9-1-3-10(4-2-9)16-18-12(8-24-16)11-7-21(20-19-11)13-5-6-14(13)22/h1-4,7-8,13-14,22H,5-6H2,(H2,17,23)/t13-,14-/m1/s1. The van der Waals surface area contributed by atoms with Crippen molar-refractivity contribution in [3.05, 3.63) is 41.4 Å². The van der Waals surface area contributed by atoms with Gasteiger partial charge in [0, 0.05) is 16.5 Å². The first-order valence-corrected chi connectivity index (χ1v) is 8.46. The zero-order valence-corrected chi connectivity index (χ0v) is 13.5. The molecular weight excluding hydrogens is 326 g/mol. The smallest absolute Gasteiger partial charge is 0.248 e. The number of hydrogen-bond acceptors (Lipinski definition) is 6. The first kappa shape index (κ1) is 15.0. The monoisotopic (exact) mass is 341 g/mol. The molecule has 3 N–H and O–H groups in total. The molecule has 0 bridgehead atoms. The Bertz CT molecular complexity index is 886. The number of primary amides is 1. The number of aromatic nitrogens is 4. The highest BCUT2D eigenvalue weighted by molar-refractivity contribution is 7.13. The lowest BCUT2D eigenvalue weighted by Crippen LogP contribution is -2.33. The normalized spacial score (nSPS) is 19.9. The number of aliphatic hydroxyl groups is 1. The van der Waals surface area contributed by atoms with Crippen molar-refractivity contribution in [1.82, 2.24) is 20.0 Å². The maximum atomic E-state index is 11.1. The molecule has 1 aromatic carbocycles. The highest BCUT2D eigenvalue weighted by Crippen LogP contribution is 2.33. The van der Waals surface area contributed by atoms with Crippen molar-refractivity contribution in [3.8, 4) is 22.0 Å². The number of hydrogen-bond donors (Lipinski definition) is 2. The summed E-state index contributed by atoms with van der Waals surface area (Å²) in [4.78, 5) is 15.7. The summed E-state index contributed by atoms with van der Waals surface area (Å²) in [7, 11) is 0. The Morgan fingerprint density at radius 3 is 2.67 bits per heavy atom. The molecular formula is C16H15N5O2S. The molecule has 7 nitrogen and oxygen atoms in total. The fourth-order valence-corrected chi connectivity index (χ4v) is 3.45. The first-order valence-electron chi connectivity index (χ1n) is 7.58. The van der Waals surface area contributed by atoms with Gasteiger partial charge in [-0.25, -0.2) is 9.67 Å². The molecule has 1 aliphatic carbocycles. The molecule has 4 rings (SSSR count).